The molecule has 0 N–H and O–H groups in total. The highest BCUT2D eigenvalue weighted by atomic mass is 14.7. The first kappa shape index (κ1) is 33.1. The molecule has 0 bridgehead atoms. The van der Waals surface area contributed by atoms with Crippen molar-refractivity contribution < 1.29 is 0 Å². The number of aromatic nitrogens is 3. The Bertz CT molecular complexity index is 2620. The number of benzene rings is 5. The van der Waals surface area contributed by atoms with Gasteiger partial charge in [-0.15, -0.1) is 0 Å². The SMILES string of the molecule is CC/C(=C\C=C(/C)c1cccnc1)c1ccc2c(c1)C(c1ccccc1)(c1ccccc1)c1cc(-c3ccc(-c4cccnc4)nc3)c3ccccc3c1-2. The highest BCUT2D eigenvalue weighted by Crippen LogP contribution is 2.59. The predicted molar refractivity (Wildman–Crippen MR) is 224 cm³/mol. The first-order chi connectivity index (χ1) is 26.7. The number of rotatable bonds is 8. The summed E-state index contributed by atoms with van der Waals surface area (Å²) in [7, 11) is 0. The normalized spacial score (nSPS) is 13.4. The molecule has 9 rings (SSSR count). The van der Waals surface area contributed by atoms with Crippen molar-refractivity contribution in [1.29, 1.82) is 0 Å². The molecule has 0 unspecified atom stereocenters. The predicted octanol–water partition coefficient (Wildman–Crippen LogP) is 12.6. The van der Waals surface area contributed by atoms with Crippen molar-refractivity contribution in [2.75, 3.05) is 0 Å². The lowest BCUT2D eigenvalue weighted by atomic mass is 9.67. The van der Waals surface area contributed by atoms with Crippen LogP contribution in [-0.4, -0.2) is 15.0 Å². The standard InChI is InChI=1S/C51H39N3/c1-3-36(23-22-35(2)38-14-12-28-52-32-38)37-24-26-45-47(30-37)51(41-16-6-4-7-17-41,42-18-8-5-9-19-42)48-31-46(43-20-10-11-21-44(43)50(45)48)39-25-27-49(54-34-39)40-15-13-29-53-33-40/h4-34H,3H2,1-2H3/b35-22+,36-23+. The molecule has 54 heavy (non-hydrogen) atoms. The van der Waals surface area contributed by atoms with E-state index in [2.05, 4.69) is 169 Å². The lowest BCUT2D eigenvalue weighted by Gasteiger charge is -2.34. The monoisotopic (exact) mass is 693 g/mol. The lowest BCUT2D eigenvalue weighted by molar-refractivity contribution is 0.769. The molecule has 0 atom stereocenters. The molecule has 1 aliphatic carbocycles. The van der Waals surface area contributed by atoms with Crippen LogP contribution in [0.2, 0.25) is 0 Å². The number of pyridine rings is 3. The fraction of sp³-hybridized carbons (Fsp3) is 0.0784. The largest absolute Gasteiger partial charge is 0.264 e. The first-order valence-corrected chi connectivity index (χ1v) is 18.6. The molecule has 0 aliphatic heterocycles. The van der Waals surface area contributed by atoms with Gasteiger partial charge in [-0.1, -0.05) is 128 Å². The van der Waals surface area contributed by atoms with E-state index < -0.39 is 5.41 Å². The van der Waals surface area contributed by atoms with Crippen molar-refractivity contribution in [3.63, 3.8) is 0 Å². The molecule has 258 valence electrons. The number of hydrogen-bond acceptors (Lipinski definition) is 3. The highest BCUT2D eigenvalue weighted by molar-refractivity contribution is 6.10. The summed E-state index contributed by atoms with van der Waals surface area (Å²) in [5.41, 5.74) is 16.1. The van der Waals surface area contributed by atoms with E-state index in [1.165, 1.54) is 66.4 Å². The van der Waals surface area contributed by atoms with E-state index in [1.54, 1.807) is 6.20 Å². The van der Waals surface area contributed by atoms with Crippen LogP contribution in [0.5, 0.6) is 0 Å². The van der Waals surface area contributed by atoms with E-state index in [1.807, 2.05) is 36.9 Å². The van der Waals surface area contributed by atoms with Crippen LogP contribution in [0.1, 0.15) is 53.6 Å². The smallest absolute Gasteiger partial charge is 0.0717 e. The number of nitrogens with zero attached hydrogens (tertiary/aromatic N) is 3. The zero-order valence-electron chi connectivity index (χ0n) is 30.4. The third-order valence-electron chi connectivity index (χ3n) is 11.0. The Balaban J connectivity index is 1.31. The fourth-order valence-corrected chi connectivity index (χ4v) is 8.36. The van der Waals surface area contributed by atoms with Crippen LogP contribution in [0.15, 0.2) is 189 Å². The van der Waals surface area contributed by atoms with Crippen LogP contribution >= 0.6 is 0 Å². The van der Waals surface area contributed by atoms with Gasteiger partial charge in [0, 0.05) is 42.1 Å². The summed E-state index contributed by atoms with van der Waals surface area (Å²) in [4.78, 5) is 13.6. The average molecular weight is 694 g/mol. The summed E-state index contributed by atoms with van der Waals surface area (Å²) in [5, 5.41) is 2.45. The minimum absolute atomic E-state index is 0.564. The van der Waals surface area contributed by atoms with Gasteiger partial charge in [-0.25, -0.2) is 0 Å². The molecule has 0 amide bonds. The Hall–Kier alpha value is -6.71. The molecule has 0 radical (unpaired) electrons. The van der Waals surface area contributed by atoms with Gasteiger partial charge >= 0.3 is 0 Å². The second-order valence-electron chi connectivity index (χ2n) is 13.9. The van der Waals surface area contributed by atoms with Crippen molar-refractivity contribution in [3.05, 3.63) is 222 Å². The maximum atomic E-state index is 4.95. The van der Waals surface area contributed by atoms with Crippen molar-refractivity contribution >= 4 is 21.9 Å². The number of hydrogen-bond donors (Lipinski definition) is 0. The number of fused-ring (bicyclic) bond motifs is 5. The molecule has 5 aromatic carbocycles. The summed E-state index contributed by atoms with van der Waals surface area (Å²) in [6.45, 7) is 4.40. The minimum atomic E-state index is -0.564. The van der Waals surface area contributed by atoms with Gasteiger partial charge in [0.25, 0.3) is 0 Å². The van der Waals surface area contributed by atoms with Crippen molar-refractivity contribution in [2.24, 2.45) is 0 Å². The summed E-state index contributed by atoms with van der Waals surface area (Å²) in [5.74, 6) is 0. The lowest BCUT2D eigenvalue weighted by Crippen LogP contribution is -2.28. The van der Waals surface area contributed by atoms with Gasteiger partial charge in [0.05, 0.1) is 11.1 Å². The molecule has 3 nitrogen and oxygen atoms in total. The van der Waals surface area contributed by atoms with E-state index in [9.17, 15) is 0 Å². The number of allylic oxidation sites excluding steroid dienone is 4. The minimum Gasteiger partial charge on any atom is -0.264 e. The topological polar surface area (TPSA) is 38.7 Å². The zero-order valence-corrected chi connectivity index (χ0v) is 30.4. The fourth-order valence-electron chi connectivity index (χ4n) is 8.36. The summed E-state index contributed by atoms with van der Waals surface area (Å²) in [6.07, 6.45) is 14.8. The Kier molecular flexibility index (Phi) is 8.61. The van der Waals surface area contributed by atoms with Crippen LogP contribution in [0.3, 0.4) is 0 Å². The van der Waals surface area contributed by atoms with Crippen LogP contribution in [0.4, 0.5) is 0 Å². The van der Waals surface area contributed by atoms with Crippen molar-refractivity contribution in [3.8, 4) is 33.5 Å². The second kappa shape index (κ2) is 14.0. The van der Waals surface area contributed by atoms with Gasteiger partial charge in [-0.05, 0) is 122 Å². The molecule has 0 saturated heterocycles. The summed E-state index contributed by atoms with van der Waals surface area (Å²) < 4.78 is 0. The Morgan fingerprint density at radius 2 is 1.26 bits per heavy atom. The molecule has 8 aromatic rings. The molecule has 0 spiro atoms. The molecule has 3 heteroatoms. The Labute approximate surface area is 317 Å². The molecule has 1 aliphatic rings. The third-order valence-corrected chi connectivity index (χ3v) is 11.0. The van der Waals surface area contributed by atoms with Gasteiger partial charge in [0.2, 0.25) is 0 Å². The molecule has 3 aromatic heterocycles. The Morgan fingerprint density at radius 1 is 0.556 bits per heavy atom. The van der Waals surface area contributed by atoms with Gasteiger partial charge in [0.15, 0.2) is 0 Å². The van der Waals surface area contributed by atoms with Crippen LogP contribution in [0, 0.1) is 0 Å². The van der Waals surface area contributed by atoms with Gasteiger partial charge in [0.1, 0.15) is 0 Å². The summed E-state index contributed by atoms with van der Waals surface area (Å²) in [6, 6.07) is 53.0. The maximum Gasteiger partial charge on any atom is 0.0717 e. The van der Waals surface area contributed by atoms with E-state index in [0.717, 1.165) is 28.8 Å². The van der Waals surface area contributed by atoms with E-state index >= 15 is 0 Å². The van der Waals surface area contributed by atoms with Gasteiger partial charge < -0.3 is 0 Å². The van der Waals surface area contributed by atoms with Crippen molar-refractivity contribution in [2.45, 2.75) is 25.7 Å². The second-order valence-corrected chi connectivity index (χ2v) is 13.9. The van der Waals surface area contributed by atoms with Crippen LogP contribution in [0.25, 0.3) is 55.4 Å². The first-order valence-electron chi connectivity index (χ1n) is 18.6. The molecular weight excluding hydrogens is 655 g/mol. The van der Waals surface area contributed by atoms with E-state index in [-0.39, 0.29) is 0 Å². The summed E-state index contributed by atoms with van der Waals surface area (Å²) >= 11 is 0. The van der Waals surface area contributed by atoms with Crippen LogP contribution < -0.4 is 0 Å². The van der Waals surface area contributed by atoms with Gasteiger partial charge in [-0.3, -0.25) is 15.0 Å². The average Bonchev–Trinajstić information content (AvgIpc) is 3.55. The van der Waals surface area contributed by atoms with E-state index in [0.29, 0.717) is 0 Å². The third kappa shape index (κ3) is 5.57. The Morgan fingerprint density at radius 3 is 1.91 bits per heavy atom. The molecular formula is C51H39N3. The van der Waals surface area contributed by atoms with Crippen molar-refractivity contribution in [1.82, 2.24) is 15.0 Å². The van der Waals surface area contributed by atoms with Gasteiger partial charge in [-0.2, -0.15) is 0 Å². The molecule has 0 fully saturated rings. The molecule has 0 saturated carbocycles. The molecule has 3 heterocycles. The maximum absolute atomic E-state index is 4.95. The quantitative estimate of drug-likeness (QED) is 0.149. The van der Waals surface area contributed by atoms with Crippen LogP contribution in [-0.2, 0) is 5.41 Å². The zero-order chi connectivity index (χ0) is 36.5. The highest BCUT2D eigenvalue weighted by Gasteiger charge is 2.47. The van der Waals surface area contributed by atoms with E-state index in [4.69, 9.17) is 4.98 Å².